The summed E-state index contributed by atoms with van der Waals surface area (Å²) < 4.78 is 0. The maximum atomic E-state index is 10.7. The molecule has 0 saturated carbocycles. The van der Waals surface area contributed by atoms with Crippen molar-refractivity contribution in [2.24, 2.45) is 0 Å². The van der Waals surface area contributed by atoms with Crippen molar-refractivity contribution in [2.45, 2.75) is 32.9 Å². The van der Waals surface area contributed by atoms with Crippen LogP contribution in [0.15, 0.2) is 24.3 Å². The molecule has 0 aliphatic rings. The van der Waals surface area contributed by atoms with Crippen molar-refractivity contribution in [3.05, 3.63) is 35.4 Å². The molecule has 0 aliphatic heterocycles. The number of aromatic carboxylic acids is 1. The normalized spacial score (nSPS) is 11.8. The van der Waals surface area contributed by atoms with Crippen LogP contribution in [-0.2, 0) is 6.54 Å². The maximum absolute atomic E-state index is 10.7. The first-order valence-electron chi connectivity index (χ1n) is 6.09. The predicted molar refractivity (Wildman–Crippen MR) is 70.7 cm³/mol. The molecule has 18 heavy (non-hydrogen) atoms. The third-order valence-electron chi connectivity index (χ3n) is 2.66. The summed E-state index contributed by atoms with van der Waals surface area (Å²) in [5, 5.41) is 18.6. The second kappa shape index (κ2) is 5.98. The van der Waals surface area contributed by atoms with Gasteiger partial charge >= 0.3 is 5.97 Å². The van der Waals surface area contributed by atoms with Gasteiger partial charge < -0.3 is 10.2 Å². The van der Waals surface area contributed by atoms with Crippen LogP contribution < -0.4 is 0 Å². The van der Waals surface area contributed by atoms with Gasteiger partial charge in [-0.15, -0.1) is 0 Å². The van der Waals surface area contributed by atoms with Gasteiger partial charge in [-0.2, -0.15) is 0 Å². The first-order chi connectivity index (χ1) is 8.31. The largest absolute Gasteiger partial charge is 0.478 e. The lowest BCUT2D eigenvalue weighted by Gasteiger charge is -2.28. The number of nitrogens with zero attached hydrogens (tertiary/aromatic N) is 1. The molecule has 100 valence electrons. The Balaban J connectivity index is 2.67. The number of benzene rings is 1. The van der Waals surface area contributed by atoms with Crippen LogP contribution in [0.4, 0.5) is 0 Å². The molecule has 0 spiro atoms. The number of carbonyl (C=O) groups is 1. The van der Waals surface area contributed by atoms with Crippen LogP contribution in [0.25, 0.3) is 0 Å². The van der Waals surface area contributed by atoms with Crippen molar-refractivity contribution in [2.75, 3.05) is 13.1 Å². The fourth-order valence-electron chi connectivity index (χ4n) is 1.84. The third-order valence-corrected chi connectivity index (χ3v) is 2.66. The highest BCUT2D eigenvalue weighted by atomic mass is 16.4. The minimum atomic E-state index is -0.912. The topological polar surface area (TPSA) is 60.8 Å². The van der Waals surface area contributed by atoms with Crippen LogP contribution in [0.1, 0.15) is 36.7 Å². The average molecular weight is 251 g/mol. The zero-order valence-corrected chi connectivity index (χ0v) is 11.2. The predicted octanol–water partition coefficient (Wildman–Crippen LogP) is 1.98. The van der Waals surface area contributed by atoms with Crippen LogP contribution in [0, 0.1) is 0 Å². The molecule has 1 aromatic carbocycles. The Morgan fingerprint density at radius 2 is 1.83 bits per heavy atom. The minimum Gasteiger partial charge on any atom is -0.478 e. The summed E-state index contributed by atoms with van der Waals surface area (Å²) in [4.78, 5) is 12.9. The van der Waals surface area contributed by atoms with Crippen molar-refractivity contribution >= 4 is 5.97 Å². The first kappa shape index (κ1) is 14.7. The van der Waals surface area contributed by atoms with Crippen LogP contribution in [0.3, 0.4) is 0 Å². The highest BCUT2D eigenvalue weighted by molar-refractivity contribution is 5.87. The molecule has 2 N–H and O–H groups in total. The van der Waals surface area contributed by atoms with Crippen molar-refractivity contribution in [3.8, 4) is 0 Å². The van der Waals surface area contributed by atoms with Gasteiger partial charge in [-0.05, 0) is 38.1 Å². The van der Waals surface area contributed by atoms with Crippen LogP contribution in [0.2, 0.25) is 0 Å². The van der Waals surface area contributed by atoms with E-state index in [9.17, 15) is 9.90 Å². The number of hydrogen-bond donors (Lipinski definition) is 2. The van der Waals surface area contributed by atoms with Crippen LogP contribution in [-0.4, -0.2) is 39.8 Å². The second-order valence-electron chi connectivity index (χ2n) is 5.12. The van der Waals surface area contributed by atoms with E-state index < -0.39 is 11.6 Å². The average Bonchev–Trinajstić information content (AvgIpc) is 2.27. The Kier molecular flexibility index (Phi) is 4.87. The van der Waals surface area contributed by atoms with E-state index in [-0.39, 0.29) is 0 Å². The van der Waals surface area contributed by atoms with E-state index in [1.807, 2.05) is 19.1 Å². The summed E-state index contributed by atoms with van der Waals surface area (Å²) in [6.45, 7) is 7.74. The molecule has 0 saturated heterocycles. The molecule has 0 aliphatic carbocycles. The zero-order chi connectivity index (χ0) is 13.8. The summed E-state index contributed by atoms with van der Waals surface area (Å²) >= 11 is 0. The van der Waals surface area contributed by atoms with E-state index in [1.54, 1.807) is 26.0 Å². The van der Waals surface area contributed by atoms with Gasteiger partial charge in [0, 0.05) is 13.1 Å². The molecular formula is C14H21NO3. The molecule has 0 unspecified atom stereocenters. The number of carboxylic acid groups (broad SMARTS) is 1. The third kappa shape index (κ3) is 4.85. The Hall–Kier alpha value is -1.39. The molecule has 0 heterocycles. The van der Waals surface area contributed by atoms with Crippen molar-refractivity contribution < 1.29 is 15.0 Å². The van der Waals surface area contributed by atoms with E-state index in [4.69, 9.17) is 5.11 Å². The number of carboxylic acids is 1. The van der Waals surface area contributed by atoms with E-state index in [0.29, 0.717) is 18.7 Å². The molecule has 0 fully saturated rings. The lowest BCUT2D eigenvalue weighted by molar-refractivity contribution is 0.0353. The fourth-order valence-corrected chi connectivity index (χ4v) is 1.84. The van der Waals surface area contributed by atoms with Gasteiger partial charge in [0.1, 0.15) is 0 Å². The smallest absolute Gasteiger partial charge is 0.335 e. The monoisotopic (exact) mass is 251 g/mol. The van der Waals surface area contributed by atoms with E-state index >= 15 is 0 Å². The molecule has 1 rings (SSSR count). The number of aliphatic hydroxyl groups is 1. The Bertz CT molecular complexity index is 392. The number of likely N-dealkylation sites (N-methyl/N-ethyl adjacent to an activating group) is 1. The van der Waals surface area contributed by atoms with E-state index in [0.717, 1.165) is 12.1 Å². The lowest BCUT2D eigenvalue weighted by atomic mass is 10.1. The van der Waals surface area contributed by atoms with Crippen molar-refractivity contribution in [1.29, 1.82) is 0 Å². The van der Waals surface area contributed by atoms with Gasteiger partial charge in [0.25, 0.3) is 0 Å². The molecule has 4 heteroatoms. The van der Waals surface area contributed by atoms with Crippen LogP contribution in [0.5, 0.6) is 0 Å². The van der Waals surface area contributed by atoms with Gasteiger partial charge in [-0.3, -0.25) is 4.90 Å². The molecule has 0 bridgehead atoms. The molecule has 0 atom stereocenters. The number of hydrogen-bond acceptors (Lipinski definition) is 3. The lowest BCUT2D eigenvalue weighted by Crippen LogP contribution is -2.38. The van der Waals surface area contributed by atoms with Gasteiger partial charge in [0.2, 0.25) is 0 Å². The molecule has 0 amide bonds. The van der Waals surface area contributed by atoms with Gasteiger partial charge in [-0.25, -0.2) is 4.79 Å². The summed E-state index contributed by atoms with van der Waals surface area (Å²) in [6.07, 6.45) is 0. The van der Waals surface area contributed by atoms with Crippen molar-refractivity contribution in [1.82, 2.24) is 4.90 Å². The Morgan fingerprint density at radius 1 is 1.28 bits per heavy atom. The van der Waals surface area contributed by atoms with Crippen molar-refractivity contribution in [3.63, 3.8) is 0 Å². The molecule has 1 aromatic rings. The zero-order valence-electron chi connectivity index (χ0n) is 11.2. The second-order valence-corrected chi connectivity index (χ2v) is 5.12. The fraction of sp³-hybridized carbons (Fsp3) is 0.500. The Labute approximate surface area is 108 Å². The van der Waals surface area contributed by atoms with Gasteiger partial charge in [0.05, 0.1) is 11.2 Å². The summed E-state index contributed by atoms with van der Waals surface area (Å²) in [5.74, 6) is -0.912. The molecule has 0 aromatic heterocycles. The van der Waals surface area contributed by atoms with E-state index in [2.05, 4.69) is 4.90 Å². The standard InChI is InChI=1S/C14H21NO3/c1-4-15(10-14(2,3)18)9-11-5-7-12(8-6-11)13(16)17/h5-8,18H,4,9-10H2,1-3H3,(H,16,17). The molecule has 0 radical (unpaired) electrons. The minimum absolute atomic E-state index is 0.296. The SMILES string of the molecule is CCN(Cc1ccc(C(=O)O)cc1)CC(C)(C)O. The number of rotatable bonds is 6. The highest BCUT2D eigenvalue weighted by Gasteiger charge is 2.17. The van der Waals surface area contributed by atoms with Gasteiger partial charge in [0.15, 0.2) is 0 Å². The van der Waals surface area contributed by atoms with Gasteiger partial charge in [-0.1, -0.05) is 19.1 Å². The van der Waals surface area contributed by atoms with E-state index in [1.165, 1.54) is 0 Å². The first-order valence-corrected chi connectivity index (χ1v) is 6.09. The molecular weight excluding hydrogens is 230 g/mol. The summed E-state index contributed by atoms with van der Waals surface area (Å²) in [7, 11) is 0. The summed E-state index contributed by atoms with van der Waals surface area (Å²) in [5.41, 5.74) is 0.618. The highest BCUT2D eigenvalue weighted by Crippen LogP contribution is 2.11. The molecule has 4 nitrogen and oxygen atoms in total. The Morgan fingerprint density at radius 3 is 2.22 bits per heavy atom. The quantitative estimate of drug-likeness (QED) is 0.811. The van der Waals surface area contributed by atoms with Crippen LogP contribution >= 0.6 is 0 Å². The summed E-state index contributed by atoms with van der Waals surface area (Å²) in [6, 6.07) is 6.85. The maximum Gasteiger partial charge on any atom is 0.335 e.